The minimum atomic E-state index is -0.797. The maximum atomic E-state index is 11.8. The summed E-state index contributed by atoms with van der Waals surface area (Å²) in [6, 6.07) is 0.986. The van der Waals surface area contributed by atoms with E-state index in [4.69, 9.17) is 5.11 Å². The van der Waals surface area contributed by atoms with E-state index in [2.05, 4.69) is 10.1 Å². The van der Waals surface area contributed by atoms with E-state index in [1.165, 1.54) is 21.9 Å². The molecule has 7 nitrogen and oxygen atoms in total. The number of carbonyl (C=O) groups is 1. The van der Waals surface area contributed by atoms with Crippen LogP contribution in [0.4, 0.5) is 0 Å². The molecule has 2 aromatic rings. The number of fused-ring (bicyclic) bond motifs is 1. The lowest BCUT2D eigenvalue weighted by molar-refractivity contribution is -0.142. The second-order valence-corrected chi connectivity index (χ2v) is 5.93. The monoisotopic (exact) mass is 294 g/mol. The van der Waals surface area contributed by atoms with Crippen molar-refractivity contribution < 1.29 is 9.90 Å². The Labute approximate surface area is 118 Å². The van der Waals surface area contributed by atoms with Crippen molar-refractivity contribution in [3.63, 3.8) is 0 Å². The summed E-state index contributed by atoms with van der Waals surface area (Å²) in [4.78, 5) is 29.6. The van der Waals surface area contributed by atoms with E-state index in [0.29, 0.717) is 28.6 Å². The number of hydrogen-bond acceptors (Lipinski definition) is 6. The molecule has 0 amide bonds. The van der Waals surface area contributed by atoms with Gasteiger partial charge in [-0.2, -0.15) is 9.61 Å². The first-order chi connectivity index (χ1) is 9.54. The summed E-state index contributed by atoms with van der Waals surface area (Å²) < 4.78 is 1.28. The first-order valence-corrected chi connectivity index (χ1v) is 7.19. The van der Waals surface area contributed by atoms with Crippen LogP contribution < -0.4 is 5.56 Å². The van der Waals surface area contributed by atoms with E-state index in [-0.39, 0.29) is 5.56 Å². The molecule has 1 saturated heterocycles. The van der Waals surface area contributed by atoms with E-state index in [1.807, 2.05) is 4.90 Å². The fraction of sp³-hybridized carbons (Fsp3) is 0.500. The molecule has 1 aliphatic heterocycles. The molecule has 1 N–H and O–H groups in total. The number of nitrogens with zero attached hydrogens (tertiary/aromatic N) is 4. The van der Waals surface area contributed by atoms with Gasteiger partial charge in [0, 0.05) is 11.8 Å². The van der Waals surface area contributed by atoms with Crippen molar-refractivity contribution in [2.75, 3.05) is 6.54 Å². The minimum Gasteiger partial charge on any atom is -0.480 e. The highest BCUT2D eigenvalue weighted by atomic mass is 32.1. The topological polar surface area (TPSA) is 87.8 Å². The average Bonchev–Trinajstić information content (AvgIpc) is 2.95. The number of rotatable bonds is 3. The Morgan fingerprint density at radius 2 is 2.40 bits per heavy atom. The summed E-state index contributed by atoms with van der Waals surface area (Å²) in [5, 5.41) is 14.1. The number of aliphatic carboxylic acids is 1. The van der Waals surface area contributed by atoms with Crippen molar-refractivity contribution in [1.29, 1.82) is 0 Å². The Kier molecular flexibility index (Phi) is 3.27. The van der Waals surface area contributed by atoms with Gasteiger partial charge in [0.25, 0.3) is 5.56 Å². The molecule has 3 heterocycles. The van der Waals surface area contributed by atoms with E-state index in [1.54, 1.807) is 6.92 Å². The van der Waals surface area contributed by atoms with E-state index < -0.39 is 12.0 Å². The van der Waals surface area contributed by atoms with Crippen LogP contribution in [0, 0.1) is 6.92 Å². The number of carboxylic acids is 1. The third kappa shape index (κ3) is 2.32. The molecule has 8 heteroatoms. The third-order valence-electron chi connectivity index (χ3n) is 3.40. The van der Waals surface area contributed by atoms with E-state index in [9.17, 15) is 9.59 Å². The second-order valence-electron chi connectivity index (χ2n) is 4.89. The zero-order chi connectivity index (χ0) is 14.3. The zero-order valence-electron chi connectivity index (χ0n) is 10.9. The van der Waals surface area contributed by atoms with Crippen LogP contribution in [0.2, 0.25) is 0 Å². The minimum absolute atomic E-state index is 0.203. The van der Waals surface area contributed by atoms with Crippen LogP contribution in [0.25, 0.3) is 4.96 Å². The number of aromatic nitrogens is 3. The van der Waals surface area contributed by atoms with Crippen LogP contribution in [-0.4, -0.2) is 43.2 Å². The molecular weight excluding hydrogens is 280 g/mol. The largest absolute Gasteiger partial charge is 0.480 e. The molecule has 20 heavy (non-hydrogen) atoms. The van der Waals surface area contributed by atoms with Crippen LogP contribution >= 0.6 is 11.3 Å². The summed E-state index contributed by atoms with van der Waals surface area (Å²) in [6.07, 6.45) is 1.54. The normalized spacial score (nSPS) is 19.8. The molecule has 0 saturated carbocycles. The molecule has 0 bridgehead atoms. The first kappa shape index (κ1) is 13.2. The third-order valence-corrected chi connectivity index (χ3v) is 4.30. The fourth-order valence-corrected chi connectivity index (χ4v) is 3.46. The molecule has 0 spiro atoms. The summed E-state index contributed by atoms with van der Waals surface area (Å²) in [6.45, 7) is 2.96. The lowest BCUT2D eigenvalue weighted by Gasteiger charge is -2.18. The first-order valence-electron chi connectivity index (χ1n) is 6.38. The highest BCUT2D eigenvalue weighted by Crippen LogP contribution is 2.22. The molecule has 0 aliphatic carbocycles. The Hall–Kier alpha value is -1.80. The fourth-order valence-electron chi connectivity index (χ4n) is 2.49. The molecule has 1 aliphatic rings. The summed E-state index contributed by atoms with van der Waals surface area (Å²) in [5.41, 5.74) is 0.459. The molecule has 2 aromatic heterocycles. The van der Waals surface area contributed by atoms with Gasteiger partial charge in [0.1, 0.15) is 11.0 Å². The maximum Gasteiger partial charge on any atom is 0.320 e. The van der Waals surface area contributed by atoms with Crippen molar-refractivity contribution >= 4 is 22.3 Å². The number of likely N-dealkylation sites (tertiary alicyclic amines) is 1. The lowest BCUT2D eigenvalue weighted by Crippen LogP contribution is -2.35. The van der Waals surface area contributed by atoms with Crippen molar-refractivity contribution in [1.82, 2.24) is 19.5 Å². The van der Waals surface area contributed by atoms with Gasteiger partial charge in [0.2, 0.25) is 4.96 Å². The number of hydrogen-bond donors (Lipinski definition) is 1. The molecule has 1 fully saturated rings. The van der Waals surface area contributed by atoms with Crippen molar-refractivity contribution in [3.8, 4) is 0 Å². The van der Waals surface area contributed by atoms with Gasteiger partial charge in [0.15, 0.2) is 0 Å². The van der Waals surface area contributed by atoms with Gasteiger partial charge in [-0.1, -0.05) is 11.3 Å². The molecule has 3 rings (SSSR count). The van der Waals surface area contributed by atoms with Crippen LogP contribution in [-0.2, 0) is 11.3 Å². The Morgan fingerprint density at radius 1 is 1.60 bits per heavy atom. The van der Waals surface area contributed by atoms with E-state index >= 15 is 0 Å². The molecule has 1 atom stereocenters. The molecule has 0 aromatic carbocycles. The second kappa shape index (κ2) is 4.95. The predicted molar refractivity (Wildman–Crippen MR) is 72.9 cm³/mol. The maximum absolute atomic E-state index is 11.8. The predicted octanol–water partition coefficient (Wildman–Crippen LogP) is 0.508. The van der Waals surface area contributed by atoms with Gasteiger partial charge < -0.3 is 5.11 Å². The van der Waals surface area contributed by atoms with Gasteiger partial charge in [-0.3, -0.25) is 14.5 Å². The van der Waals surface area contributed by atoms with Crippen LogP contribution in [0.5, 0.6) is 0 Å². The van der Waals surface area contributed by atoms with Gasteiger partial charge in [0.05, 0.1) is 6.54 Å². The van der Waals surface area contributed by atoms with Crippen LogP contribution in [0.1, 0.15) is 23.5 Å². The van der Waals surface area contributed by atoms with Gasteiger partial charge in [-0.25, -0.2) is 4.98 Å². The summed E-state index contributed by atoms with van der Waals surface area (Å²) in [5.74, 6) is -0.797. The van der Waals surface area contributed by atoms with Gasteiger partial charge >= 0.3 is 5.97 Å². The number of aryl methyl sites for hydroxylation is 1. The standard InChI is InChI=1S/C12H14N4O3S/c1-7-5-10(17)16-12(13-7)20-9(14-16)6-15-4-2-3-8(15)11(18)19/h5,8H,2-4,6H2,1H3,(H,18,19). The van der Waals surface area contributed by atoms with Crippen molar-refractivity contribution in [3.05, 3.63) is 27.1 Å². The van der Waals surface area contributed by atoms with Gasteiger partial charge in [-0.15, -0.1) is 0 Å². The van der Waals surface area contributed by atoms with Gasteiger partial charge in [-0.05, 0) is 26.3 Å². The van der Waals surface area contributed by atoms with Crippen molar-refractivity contribution in [2.24, 2.45) is 0 Å². The zero-order valence-corrected chi connectivity index (χ0v) is 11.8. The smallest absolute Gasteiger partial charge is 0.320 e. The Balaban J connectivity index is 1.90. The number of carboxylic acid groups (broad SMARTS) is 1. The average molecular weight is 294 g/mol. The molecule has 1 unspecified atom stereocenters. The summed E-state index contributed by atoms with van der Waals surface area (Å²) >= 11 is 1.33. The van der Waals surface area contributed by atoms with Crippen LogP contribution in [0.15, 0.2) is 10.9 Å². The quantitative estimate of drug-likeness (QED) is 0.887. The molecule has 0 radical (unpaired) electrons. The SMILES string of the molecule is Cc1cc(=O)n2nc(CN3CCCC3C(=O)O)sc2n1. The van der Waals surface area contributed by atoms with E-state index in [0.717, 1.165) is 13.0 Å². The summed E-state index contributed by atoms with van der Waals surface area (Å²) in [7, 11) is 0. The highest BCUT2D eigenvalue weighted by Gasteiger charge is 2.31. The Bertz CT molecular complexity index is 723. The highest BCUT2D eigenvalue weighted by molar-refractivity contribution is 7.16. The van der Waals surface area contributed by atoms with Crippen molar-refractivity contribution in [2.45, 2.75) is 32.4 Å². The molecular formula is C12H14N4O3S. The Morgan fingerprint density at radius 3 is 3.15 bits per heavy atom. The lowest BCUT2D eigenvalue weighted by atomic mass is 10.2. The molecule has 106 valence electrons. The van der Waals surface area contributed by atoms with Crippen LogP contribution in [0.3, 0.4) is 0 Å².